The maximum atomic E-state index is 11.1. The second-order valence-electron chi connectivity index (χ2n) is 4.88. The zero-order chi connectivity index (χ0) is 14.6. The van der Waals surface area contributed by atoms with Crippen molar-refractivity contribution in [3.05, 3.63) is 75.8 Å². The predicted octanol–water partition coefficient (Wildman–Crippen LogP) is 3.62. The second kappa shape index (κ2) is 5.54. The third-order valence-corrected chi connectivity index (χ3v) is 3.34. The van der Waals surface area contributed by atoms with Gasteiger partial charge in [-0.15, -0.1) is 0 Å². The molecular formula is C16H14N2O2. The van der Waals surface area contributed by atoms with E-state index in [2.05, 4.69) is 6.07 Å². The van der Waals surface area contributed by atoms with Gasteiger partial charge in [-0.05, 0) is 18.9 Å². The van der Waals surface area contributed by atoms with E-state index in [-0.39, 0.29) is 5.69 Å². The van der Waals surface area contributed by atoms with Gasteiger partial charge in [0.2, 0.25) is 0 Å². The Labute approximate surface area is 117 Å². The molecule has 2 rings (SSSR count). The summed E-state index contributed by atoms with van der Waals surface area (Å²) in [6.07, 6.45) is 0.440. The molecule has 4 nitrogen and oxygen atoms in total. The number of rotatable bonds is 4. The van der Waals surface area contributed by atoms with Gasteiger partial charge in [0.05, 0.1) is 22.0 Å². The fraction of sp³-hybridized carbons (Fsp3) is 0.188. The van der Waals surface area contributed by atoms with E-state index in [0.29, 0.717) is 12.0 Å². The number of nitro benzene ring substituents is 1. The van der Waals surface area contributed by atoms with Gasteiger partial charge in [0.15, 0.2) is 0 Å². The Balaban J connectivity index is 2.47. The van der Waals surface area contributed by atoms with Crippen LogP contribution in [0, 0.1) is 21.4 Å². The molecule has 0 radical (unpaired) electrons. The zero-order valence-electron chi connectivity index (χ0n) is 11.1. The zero-order valence-corrected chi connectivity index (χ0v) is 11.1. The van der Waals surface area contributed by atoms with Crippen molar-refractivity contribution in [2.24, 2.45) is 0 Å². The molecular weight excluding hydrogens is 252 g/mol. The summed E-state index contributed by atoms with van der Waals surface area (Å²) in [6.45, 7) is 1.74. The molecule has 2 aromatic carbocycles. The van der Waals surface area contributed by atoms with Crippen molar-refractivity contribution in [2.45, 2.75) is 18.8 Å². The van der Waals surface area contributed by atoms with E-state index >= 15 is 0 Å². The van der Waals surface area contributed by atoms with Gasteiger partial charge in [-0.1, -0.05) is 48.5 Å². The monoisotopic (exact) mass is 266 g/mol. The lowest BCUT2D eigenvalue weighted by atomic mass is 9.78. The standard InChI is InChI=1S/C16H14N2O2/c1-16(12-17,11-13-7-3-2-4-8-13)14-9-5-6-10-15(14)18(19)20/h2-10H,11H2,1H3. The van der Waals surface area contributed by atoms with Crippen molar-refractivity contribution in [1.82, 2.24) is 0 Å². The fourth-order valence-corrected chi connectivity index (χ4v) is 2.30. The number of nitrogens with zero attached hydrogens (tertiary/aromatic N) is 2. The predicted molar refractivity (Wildman–Crippen MR) is 76.2 cm³/mol. The highest BCUT2D eigenvalue weighted by Gasteiger charge is 2.33. The highest BCUT2D eigenvalue weighted by Crippen LogP contribution is 2.34. The highest BCUT2D eigenvalue weighted by atomic mass is 16.6. The van der Waals surface area contributed by atoms with E-state index < -0.39 is 10.3 Å². The lowest BCUT2D eigenvalue weighted by Crippen LogP contribution is -2.24. The van der Waals surface area contributed by atoms with Crippen molar-refractivity contribution in [3.8, 4) is 6.07 Å². The Bertz CT molecular complexity index is 662. The van der Waals surface area contributed by atoms with Crippen LogP contribution in [0.2, 0.25) is 0 Å². The van der Waals surface area contributed by atoms with Crippen LogP contribution in [-0.4, -0.2) is 4.92 Å². The van der Waals surface area contributed by atoms with Crippen LogP contribution in [-0.2, 0) is 11.8 Å². The third kappa shape index (κ3) is 2.67. The minimum Gasteiger partial charge on any atom is -0.258 e. The summed E-state index contributed by atoms with van der Waals surface area (Å²) in [7, 11) is 0. The molecule has 0 spiro atoms. The fourth-order valence-electron chi connectivity index (χ4n) is 2.30. The molecule has 0 N–H and O–H groups in total. The average Bonchev–Trinajstić information content (AvgIpc) is 2.48. The maximum Gasteiger partial charge on any atom is 0.274 e. The molecule has 1 atom stereocenters. The summed E-state index contributed by atoms with van der Waals surface area (Å²) in [5, 5.41) is 20.7. The molecule has 0 heterocycles. The van der Waals surface area contributed by atoms with Gasteiger partial charge in [-0.25, -0.2) is 0 Å². The Morgan fingerprint density at radius 1 is 1.15 bits per heavy atom. The largest absolute Gasteiger partial charge is 0.274 e. The molecule has 0 fully saturated rings. The van der Waals surface area contributed by atoms with Crippen LogP contribution < -0.4 is 0 Å². The van der Waals surface area contributed by atoms with Crippen LogP contribution in [0.3, 0.4) is 0 Å². The van der Waals surface area contributed by atoms with E-state index in [9.17, 15) is 15.4 Å². The topological polar surface area (TPSA) is 66.9 Å². The molecule has 0 aliphatic carbocycles. The summed E-state index contributed by atoms with van der Waals surface area (Å²) in [5.74, 6) is 0. The first-order valence-electron chi connectivity index (χ1n) is 6.26. The molecule has 2 aromatic rings. The first-order chi connectivity index (χ1) is 9.57. The third-order valence-electron chi connectivity index (χ3n) is 3.34. The molecule has 4 heteroatoms. The molecule has 0 aromatic heterocycles. The van der Waals surface area contributed by atoms with Crippen LogP contribution in [0.5, 0.6) is 0 Å². The first-order valence-corrected chi connectivity index (χ1v) is 6.26. The van der Waals surface area contributed by atoms with Gasteiger partial charge >= 0.3 is 0 Å². The van der Waals surface area contributed by atoms with Crippen molar-refractivity contribution in [1.29, 1.82) is 5.26 Å². The minimum absolute atomic E-state index is 0.00696. The lowest BCUT2D eigenvalue weighted by Gasteiger charge is -2.22. The van der Waals surface area contributed by atoms with Crippen LogP contribution in [0.4, 0.5) is 5.69 Å². The number of hydrogen-bond donors (Lipinski definition) is 0. The summed E-state index contributed by atoms with van der Waals surface area (Å²) < 4.78 is 0. The normalized spacial score (nSPS) is 13.2. The molecule has 20 heavy (non-hydrogen) atoms. The second-order valence-corrected chi connectivity index (χ2v) is 4.88. The molecule has 0 aliphatic heterocycles. The van der Waals surface area contributed by atoms with Crippen molar-refractivity contribution in [3.63, 3.8) is 0 Å². The summed E-state index contributed by atoms with van der Waals surface area (Å²) in [5.41, 5.74) is 0.504. The lowest BCUT2D eigenvalue weighted by molar-refractivity contribution is -0.385. The summed E-state index contributed by atoms with van der Waals surface area (Å²) >= 11 is 0. The van der Waals surface area contributed by atoms with Gasteiger partial charge < -0.3 is 0 Å². The first kappa shape index (κ1) is 13.8. The Morgan fingerprint density at radius 3 is 2.35 bits per heavy atom. The van der Waals surface area contributed by atoms with Gasteiger partial charge in [-0.3, -0.25) is 10.1 Å². The number of para-hydroxylation sites is 1. The van der Waals surface area contributed by atoms with E-state index in [1.165, 1.54) is 6.07 Å². The van der Waals surface area contributed by atoms with Crippen molar-refractivity contribution >= 4 is 5.69 Å². The molecule has 0 saturated carbocycles. The molecule has 100 valence electrons. The quantitative estimate of drug-likeness (QED) is 0.627. The molecule has 0 aliphatic rings. The van der Waals surface area contributed by atoms with E-state index in [1.54, 1.807) is 25.1 Å². The van der Waals surface area contributed by atoms with Crippen molar-refractivity contribution < 1.29 is 4.92 Å². The van der Waals surface area contributed by atoms with Gasteiger partial charge in [0.1, 0.15) is 0 Å². The smallest absolute Gasteiger partial charge is 0.258 e. The SMILES string of the molecule is CC(C#N)(Cc1ccccc1)c1ccccc1[N+](=O)[O-]. The Hall–Kier alpha value is -2.67. The van der Waals surface area contributed by atoms with Crippen molar-refractivity contribution in [2.75, 3.05) is 0 Å². The molecule has 0 amide bonds. The van der Waals surface area contributed by atoms with E-state index in [0.717, 1.165) is 5.56 Å². The summed E-state index contributed by atoms with van der Waals surface area (Å²) in [6, 6.07) is 18.2. The highest BCUT2D eigenvalue weighted by molar-refractivity contribution is 5.49. The van der Waals surface area contributed by atoms with Crippen LogP contribution >= 0.6 is 0 Å². The Kier molecular flexibility index (Phi) is 3.81. The summed E-state index contributed by atoms with van der Waals surface area (Å²) in [4.78, 5) is 10.7. The van der Waals surface area contributed by atoms with E-state index in [1.807, 2.05) is 30.3 Å². The van der Waals surface area contributed by atoms with Crippen LogP contribution in [0.1, 0.15) is 18.1 Å². The van der Waals surface area contributed by atoms with Crippen LogP contribution in [0.15, 0.2) is 54.6 Å². The number of nitriles is 1. The Morgan fingerprint density at radius 2 is 1.75 bits per heavy atom. The van der Waals surface area contributed by atoms with E-state index in [4.69, 9.17) is 0 Å². The van der Waals surface area contributed by atoms with Crippen LogP contribution in [0.25, 0.3) is 0 Å². The van der Waals surface area contributed by atoms with Gasteiger partial charge in [-0.2, -0.15) is 5.26 Å². The number of benzene rings is 2. The molecule has 1 unspecified atom stereocenters. The molecule has 0 bridgehead atoms. The van der Waals surface area contributed by atoms with Gasteiger partial charge in [0.25, 0.3) is 5.69 Å². The van der Waals surface area contributed by atoms with Gasteiger partial charge in [0, 0.05) is 6.07 Å². The minimum atomic E-state index is -0.926. The average molecular weight is 266 g/mol. The maximum absolute atomic E-state index is 11.1. The molecule has 0 saturated heterocycles. The number of nitro groups is 1. The number of hydrogen-bond acceptors (Lipinski definition) is 3.